The van der Waals surface area contributed by atoms with Crippen molar-refractivity contribution in [1.82, 2.24) is 4.98 Å². The second-order valence-electron chi connectivity index (χ2n) is 4.03. The van der Waals surface area contributed by atoms with E-state index >= 15 is 0 Å². The van der Waals surface area contributed by atoms with E-state index < -0.39 is 0 Å². The molecule has 0 aliphatic heterocycles. The lowest BCUT2D eigenvalue weighted by Gasteiger charge is -2.17. The molecule has 3 nitrogen and oxygen atoms in total. The van der Waals surface area contributed by atoms with Crippen LogP contribution in [-0.4, -0.2) is 9.97 Å². The highest BCUT2D eigenvalue weighted by Gasteiger charge is 2.13. The molecule has 0 fully saturated rings. The van der Waals surface area contributed by atoms with Crippen LogP contribution in [0.5, 0.6) is 0 Å². The lowest BCUT2D eigenvalue weighted by molar-refractivity contribution is 0.741. The molecule has 2 aromatic rings. The van der Waals surface area contributed by atoms with E-state index in [1.807, 2.05) is 29.8 Å². The summed E-state index contributed by atoms with van der Waals surface area (Å²) in [4.78, 5) is 4.76. The highest BCUT2D eigenvalue weighted by Crippen LogP contribution is 2.29. The molecule has 0 radical (unpaired) electrons. The van der Waals surface area contributed by atoms with Gasteiger partial charge in [0.2, 0.25) is 0 Å². The number of nitrogens with one attached hydrogen (secondary N) is 1. The first-order chi connectivity index (χ1) is 9.11. The zero-order valence-electron chi connectivity index (χ0n) is 10.4. The molecule has 6 heteroatoms. The Morgan fingerprint density at radius 3 is 2.89 bits per heavy atom. The fourth-order valence-electron chi connectivity index (χ4n) is 1.72. The van der Waals surface area contributed by atoms with Gasteiger partial charge in [-0.1, -0.05) is 19.1 Å². The van der Waals surface area contributed by atoms with Gasteiger partial charge in [-0.05, 0) is 40.5 Å². The van der Waals surface area contributed by atoms with E-state index in [0.717, 1.165) is 27.2 Å². The monoisotopic (exact) mass is 355 g/mol. The molecular weight excluding hydrogens is 342 g/mol. The third kappa shape index (κ3) is 3.52. The summed E-state index contributed by atoms with van der Waals surface area (Å²) in [6.45, 7) is 2.14. The van der Waals surface area contributed by atoms with Crippen LogP contribution in [0, 0.1) is 0 Å². The van der Waals surface area contributed by atoms with Crippen LogP contribution in [0.25, 0.3) is 0 Å². The van der Waals surface area contributed by atoms with Gasteiger partial charge < -0.3 is 11.1 Å². The van der Waals surface area contributed by atoms with Gasteiger partial charge in [-0.2, -0.15) is 0 Å². The van der Waals surface area contributed by atoms with Crippen LogP contribution in [0.2, 0.25) is 0 Å². The predicted molar refractivity (Wildman–Crippen MR) is 88.8 cm³/mol. The van der Waals surface area contributed by atoms with Gasteiger partial charge in [0.05, 0.1) is 6.04 Å². The van der Waals surface area contributed by atoms with Crippen LogP contribution in [0.1, 0.15) is 30.0 Å². The molecule has 100 valence electrons. The van der Waals surface area contributed by atoms with Gasteiger partial charge >= 0.3 is 0 Å². The highest BCUT2D eigenvalue weighted by atomic mass is 79.9. The van der Waals surface area contributed by atoms with Crippen LogP contribution in [0.3, 0.4) is 0 Å². The maximum absolute atomic E-state index is 5.62. The first kappa shape index (κ1) is 14.4. The van der Waals surface area contributed by atoms with Gasteiger partial charge in [-0.15, -0.1) is 11.3 Å². The zero-order valence-corrected chi connectivity index (χ0v) is 13.6. The standard InChI is InChI=1S/C13H14BrN3S2/c1-2-10(13-16-5-6-19-13)17-11-4-3-8(12(15)18)7-9(11)14/h3-7,10,17H,2H2,1H3,(H2,15,18). The Kier molecular flexibility index (Phi) is 4.90. The zero-order chi connectivity index (χ0) is 13.8. The fourth-order valence-corrected chi connectivity index (χ4v) is 3.11. The molecule has 1 aromatic carbocycles. The van der Waals surface area contributed by atoms with E-state index in [-0.39, 0.29) is 6.04 Å². The SMILES string of the molecule is CCC(Nc1ccc(C(N)=S)cc1Br)c1nccs1. The maximum atomic E-state index is 5.62. The molecule has 1 atom stereocenters. The van der Waals surface area contributed by atoms with Gasteiger partial charge in [0.1, 0.15) is 10.00 Å². The molecule has 2 rings (SSSR count). The van der Waals surface area contributed by atoms with E-state index in [2.05, 4.69) is 33.2 Å². The third-order valence-electron chi connectivity index (χ3n) is 2.74. The number of rotatable bonds is 5. The highest BCUT2D eigenvalue weighted by molar-refractivity contribution is 9.10. The molecule has 3 N–H and O–H groups in total. The number of thiocarbonyl (C=S) groups is 1. The maximum Gasteiger partial charge on any atom is 0.115 e. The molecule has 0 spiro atoms. The summed E-state index contributed by atoms with van der Waals surface area (Å²) >= 11 is 10.2. The average molecular weight is 356 g/mol. The predicted octanol–water partition coefficient (Wildman–Crippen LogP) is 4.10. The number of anilines is 1. The Bertz CT molecular complexity index is 569. The van der Waals surface area contributed by atoms with Gasteiger partial charge in [-0.3, -0.25) is 0 Å². The largest absolute Gasteiger partial charge is 0.389 e. The molecule has 0 aliphatic carbocycles. The molecule has 1 unspecified atom stereocenters. The molecule has 1 heterocycles. The Hall–Kier alpha value is -0.980. The summed E-state index contributed by atoms with van der Waals surface area (Å²) in [7, 11) is 0. The number of thiazole rings is 1. The van der Waals surface area contributed by atoms with Crippen molar-refractivity contribution in [2.75, 3.05) is 5.32 Å². The normalized spacial score (nSPS) is 12.1. The first-order valence-electron chi connectivity index (χ1n) is 5.87. The molecular formula is C13H14BrN3S2. The molecule has 1 aromatic heterocycles. The number of halogens is 1. The van der Waals surface area contributed by atoms with Crippen LogP contribution >= 0.6 is 39.5 Å². The second kappa shape index (κ2) is 6.45. The Morgan fingerprint density at radius 1 is 1.58 bits per heavy atom. The number of hydrogen-bond acceptors (Lipinski definition) is 4. The molecule has 19 heavy (non-hydrogen) atoms. The van der Waals surface area contributed by atoms with Crippen molar-refractivity contribution in [2.45, 2.75) is 19.4 Å². The Morgan fingerprint density at radius 2 is 2.37 bits per heavy atom. The summed E-state index contributed by atoms with van der Waals surface area (Å²) in [5.74, 6) is 0. The smallest absolute Gasteiger partial charge is 0.115 e. The van der Waals surface area contributed by atoms with Crippen LogP contribution in [0.15, 0.2) is 34.2 Å². The van der Waals surface area contributed by atoms with Crippen molar-refractivity contribution in [3.05, 3.63) is 44.8 Å². The Labute approximate surface area is 130 Å². The number of nitrogens with zero attached hydrogens (tertiary/aromatic N) is 1. The molecule has 0 saturated carbocycles. The van der Waals surface area contributed by atoms with Crippen LogP contribution in [0.4, 0.5) is 5.69 Å². The first-order valence-corrected chi connectivity index (χ1v) is 7.95. The number of hydrogen-bond donors (Lipinski definition) is 2. The number of benzene rings is 1. The minimum atomic E-state index is 0.215. The van der Waals surface area contributed by atoms with Crippen LogP contribution in [-0.2, 0) is 0 Å². The summed E-state index contributed by atoms with van der Waals surface area (Å²) in [6, 6.07) is 6.05. The summed E-state index contributed by atoms with van der Waals surface area (Å²) < 4.78 is 0.952. The fraction of sp³-hybridized carbons (Fsp3) is 0.231. The van der Waals surface area contributed by atoms with E-state index in [0.29, 0.717) is 4.99 Å². The van der Waals surface area contributed by atoms with E-state index in [9.17, 15) is 0 Å². The Balaban J connectivity index is 2.21. The average Bonchev–Trinajstić information content (AvgIpc) is 2.91. The lowest BCUT2D eigenvalue weighted by atomic mass is 10.1. The third-order valence-corrected chi connectivity index (χ3v) is 4.52. The van der Waals surface area contributed by atoms with Crippen molar-refractivity contribution in [2.24, 2.45) is 5.73 Å². The van der Waals surface area contributed by atoms with E-state index in [1.54, 1.807) is 11.3 Å². The van der Waals surface area contributed by atoms with E-state index in [4.69, 9.17) is 18.0 Å². The minimum Gasteiger partial charge on any atom is -0.389 e. The molecule has 0 saturated heterocycles. The van der Waals surface area contributed by atoms with Crippen molar-refractivity contribution >= 4 is 50.2 Å². The van der Waals surface area contributed by atoms with Crippen molar-refractivity contribution < 1.29 is 0 Å². The number of aromatic nitrogens is 1. The molecule has 0 aliphatic rings. The topological polar surface area (TPSA) is 50.9 Å². The van der Waals surface area contributed by atoms with Crippen molar-refractivity contribution in [1.29, 1.82) is 0 Å². The van der Waals surface area contributed by atoms with Crippen molar-refractivity contribution in [3.8, 4) is 0 Å². The number of nitrogens with two attached hydrogens (primary N) is 1. The van der Waals surface area contributed by atoms with Gasteiger partial charge in [0.25, 0.3) is 0 Å². The molecule has 0 bridgehead atoms. The van der Waals surface area contributed by atoms with Gasteiger partial charge in [0.15, 0.2) is 0 Å². The van der Waals surface area contributed by atoms with Crippen LogP contribution < -0.4 is 11.1 Å². The quantitative estimate of drug-likeness (QED) is 0.792. The minimum absolute atomic E-state index is 0.215. The van der Waals surface area contributed by atoms with Gasteiger partial charge in [-0.25, -0.2) is 4.98 Å². The van der Waals surface area contributed by atoms with Gasteiger partial charge in [0, 0.05) is 27.3 Å². The summed E-state index contributed by atoms with van der Waals surface area (Å²) in [5, 5.41) is 6.56. The summed E-state index contributed by atoms with van der Waals surface area (Å²) in [6.07, 6.45) is 2.80. The van der Waals surface area contributed by atoms with E-state index in [1.165, 1.54) is 0 Å². The molecule has 0 amide bonds. The second-order valence-corrected chi connectivity index (χ2v) is 6.25. The summed E-state index contributed by atoms with van der Waals surface area (Å²) in [5.41, 5.74) is 7.49. The lowest BCUT2D eigenvalue weighted by Crippen LogP contribution is -2.12. The van der Waals surface area contributed by atoms with Crippen molar-refractivity contribution in [3.63, 3.8) is 0 Å².